The first-order chi connectivity index (χ1) is 7.90. The van der Waals surface area contributed by atoms with E-state index >= 15 is 0 Å². The van der Waals surface area contributed by atoms with Crippen molar-refractivity contribution >= 4 is 12.2 Å². The maximum absolute atomic E-state index is 10.5. The lowest BCUT2D eigenvalue weighted by atomic mass is 9.82. The Morgan fingerprint density at radius 3 is 3.25 bits per heavy atom. The van der Waals surface area contributed by atoms with E-state index in [2.05, 4.69) is 28.5 Å². The fraction of sp³-hybridized carbons (Fsp3) is 0.231. The standard InChI is InChI=1S/C13H12N2O/c16-8-15-13-11-6-2-4-9-3-1-5-10(7-14-13)12(9)11/h1-2,4-6,8,10H,3,7H2,(H,14,15,16). The van der Waals surface area contributed by atoms with Crippen molar-refractivity contribution in [2.75, 3.05) is 6.54 Å². The van der Waals surface area contributed by atoms with Gasteiger partial charge in [-0.3, -0.25) is 9.79 Å². The summed E-state index contributed by atoms with van der Waals surface area (Å²) in [6.07, 6.45) is 6.09. The van der Waals surface area contributed by atoms with Crippen molar-refractivity contribution in [3.8, 4) is 0 Å². The number of amides is 1. The number of rotatable bonds is 1. The van der Waals surface area contributed by atoms with Gasteiger partial charge in [0.05, 0.1) is 6.54 Å². The second-order valence-electron chi connectivity index (χ2n) is 4.07. The summed E-state index contributed by atoms with van der Waals surface area (Å²) in [5.41, 5.74) is 3.76. The van der Waals surface area contributed by atoms with Gasteiger partial charge in [-0.1, -0.05) is 30.4 Å². The minimum Gasteiger partial charge on any atom is -0.313 e. The van der Waals surface area contributed by atoms with Crippen LogP contribution in [-0.4, -0.2) is 18.8 Å². The van der Waals surface area contributed by atoms with Gasteiger partial charge in [0.2, 0.25) is 6.41 Å². The quantitative estimate of drug-likeness (QED) is 0.554. The second-order valence-corrected chi connectivity index (χ2v) is 4.07. The van der Waals surface area contributed by atoms with Gasteiger partial charge in [0.25, 0.3) is 0 Å². The molecule has 1 aromatic carbocycles. The molecule has 80 valence electrons. The monoisotopic (exact) mass is 212 g/mol. The van der Waals surface area contributed by atoms with E-state index in [9.17, 15) is 4.79 Å². The zero-order valence-corrected chi connectivity index (χ0v) is 8.81. The lowest BCUT2D eigenvalue weighted by Crippen LogP contribution is -2.30. The van der Waals surface area contributed by atoms with E-state index in [1.165, 1.54) is 11.1 Å². The van der Waals surface area contributed by atoms with Gasteiger partial charge in [-0.15, -0.1) is 0 Å². The average molecular weight is 212 g/mol. The molecule has 1 amide bonds. The van der Waals surface area contributed by atoms with Crippen LogP contribution >= 0.6 is 0 Å². The van der Waals surface area contributed by atoms with Crippen molar-refractivity contribution in [2.24, 2.45) is 4.99 Å². The first-order valence-electron chi connectivity index (χ1n) is 5.43. The summed E-state index contributed by atoms with van der Waals surface area (Å²) in [6, 6.07) is 6.20. The molecule has 1 aromatic rings. The first kappa shape index (κ1) is 9.33. The first-order valence-corrected chi connectivity index (χ1v) is 5.43. The van der Waals surface area contributed by atoms with Crippen LogP contribution in [0.25, 0.3) is 0 Å². The lowest BCUT2D eigenvalue weighted by Gasteiger charge is -2.27. The fourth-order valence-corrected chi connectivity index (χ4v) is 2.50. The van der Waals surface area contributed by atoms with Gasteiger partial charge >= 0.3 is 0 Å². The van der Waals surface area contributed by atoms with Crippen LogP contribution in [0.2, 0.25) is 0 Å². The Kier molecular flexibility index (Phi) is 2.10. The highest BCUT2D eigenvalue weighted by molar-refractivity contribution is 6.06. The van der Waals surface area contributed by atoms with Gasteiger partial charge in [-0.2, -0.15) is 0 Å². The minimum absolute atomic E-state index is 0.386. The maximum atomic E-state index is 10.5. The molecule has 1 heterocycles. The summed E-state index contributed by atoms with van der Waals surface area (Å²) in [5, 5.41) is 2.68. The van der Waals surface area contributed by atoms with E-state index in [4.69, 9.17) is 0 Å². The molecule has 0 bridgehead atoms. The average Bonchev–Trinajstić information content (AvgIpc) is 2.33. The Bertz CT molecular complexity index is 503. The summed E-state index contributed by atoms with van der Waals surface area (Å²) < 4.78 is 0. The van der Waals surface area contributed by atoms with Crippen LogP contribution in [0.1, 0.15) is 22.6 Å². The van der Waals surface area contributed by atoms with Crippen molar-refractivity contribution < 1.29 is 4.79 Å². The summed E-state index contributed by atoms with van der Waals surface area (Å²) in [4.78, 5) is 14.9. The lowest BCUT2D eigenvalue weighted by molar-refractivity contribution is -0.108. The molecule has 3 nitrogen and oxygen atoms in total. The Morgan fingerprint density at radius 2 is 2.38 bits per heavy atom. The number of carbonyl (C=O) groups excluding carboxylic acids is 1. The molecule has 1 atom stereocenters. The molecule has 3 rings (SSSR count). The Balaban J connectivity index is 2.16. The van der Waals surface area contributed by atoms with E-state index in [0.29, 0.717) is 18.2 Å². The number of nitrogens with zero attached hydrogens (tertiary/aromatic N) is 1. The van der Waals surface area contributed by atoms with Gasteiger partial charge in [-0.25, -0.2) is 0 Å². The van der Waals surface area contributed by atoms with E-state index in [1.54, 1.807) is 0 Å². The molecule has 16 heavy (non-hydrogen) atoms. The van der Waals surface area contributed by atoms with Crippen molar-refractivity contribution in [1.29, 1.82) is 0 Å². The molecule has 0 saturated heterocycles. The molecule has 1 aliphatic heterocycles. The van der Waals surface area contributed by atoms with Crippen LogP contribution in [0.3, 0.4) is 0 Å². The minimum atomic E-state index is 0.386. The third kappa shape index (κ3) is 1.28. The molecular formula is C13H12N2O. The van der Waals surface area contributed by atoms with Crippen LogP contribution in [0.5, 0.6) is 0 Å². The van der Waals surface area contributed by atoms with E-state index in [0.717, 1.165) is 18.5 Å². The number of aliphatic imine (C=N–C) groups is 1. The van der Waals surface area contributed by atoms with Gasteiger partial charge in [0, 0.05) is 11.5 Å². The van der Waals surface area contributed by atoms with Crippen molar-refractivity contribution in [3.63, 3.8) is 0 Å². The summed E-state index contributed by atoms with van der Waals surface area (Å²) in [6.45, 7) is 0.733. The summed E-state index contributed by atoms with van der Waals surface area (Å²) in [7, 11) is 0. The molecule has 0 spiro atoms. The molecule has 1 aliphatic carbocycles. The van der Waals surface area contributed by atoms with Crippen LogP contribution in [0.4, 0.5) is 0 Å². The molecule has 2 aliphatic rings. The third-order valence-electron chi connectivity index (χ3n) is 3.17. The molecule has 1 N–H and O–H groups in total. The SMILES string of the molecule is O=CNC1=NCC2C=CCc3cccc1c32. The van der Waals surface area contributed by atoms with Gasteiger partial charge < -0.3 is 5.32 Å². The molecule has 3 heteroatoms. The third-order valence-corrected chi connectivity index (χ3v) is 3.17. The topological polar surface area (TPSA) is 41.5 Å². The molecule has 0 radical (unpaired) electrons. The second kappa shape index (κ2) is 3.59. The Hall–Kier alpha value is -1.90. The summed E-state index contributed by atoms with van der Waals surface area (Å²) in [5.74, 6) is 1.09. The normalized spacial score (nSPS) is 21.0. The molecule has 1 unspecified atom stereocenters. The number of hydrogen-bond donors (Lipinski definition) is 1. The maximum Gasteiger partial charge on any atom is 0.212 e. The summed E-state index contributed by atoms with van der Waals surface area (Å²) >= 11 is 0. The molecule has 0 fully saturated rings. The van der Waals surface area contributed by atoms with E-state index in [-0.39, 0.29) is 0 Å². The van der Waals surface area contributed by atoms with Gasteiger partial charge in [0.1, 0.15) is 5.84 Å². The highest BCUT2D eigenvalue weighted by Gasteiger charge is 2.25. The molecular weight excluding hydrogens is 200 g/mol. The fourth-order valence-electron chi connectivity index (χ4n) is 2.50. The van der Waals surface area contributed by atoms with E-state index < -0.39 is 0 Å². The predicted octanol–water partition coefficient (Wildman–Crippen LogP) is 1.39. The van der Waals surface area contributed by atoms with Crippen molar-refractivity contribution in [1.82, 2.24) is 5.32 Å². The van der Waals surface area contributed by atoms with Crippen molar-refractivity contribution in [3.05, 3.63) is 47.0 Å². The van der Waals surface area contributed by atoms with E-state index in [1.807, 2.05) is 12.1 Å². The highest BCUT2D eigenvalue weighted by atomic mass is 16.1. The highest BCUT2D eigenvalue weighted by Crippen LogP contribution is 2.33. The Labute approximate surface area is 93.9 Å². The van der Waals surface area contributed by atoms with Crippen LogP contribution in [0.15, 0.2) is 35.3 Å². The molecule has 0 saturated carbocycles. The zero-order chi connectivity index (χ0) is 11.0. The van der Waals surface area contributed by atoms with Crippen LogP contribution in [0, 0.1) is 0 Å². The number of allylic oxidation sites excluding steroid dienone is 1. The number of hydrogen-bond acceptors (Lipinski definition) is 2. The number of benzene rings is 1. The molecule has 0 aromatic heterocycles. The smallest absolute Gasteiger partial charge is 0.212 e. The largest absolute Gasteiger partial charge is 0.313 e. The number of amidine groups is 1. The van der Waals surface area contributed by atoms with Crippen LogP contribution in [-0.2, 0) is 11.2 Å². The number of nitrogens with one attached hydrogen (secondary N) is 1. The Morgan fingerprint density at radius 1 is 1.44 bits per heavy atom. The predicted molar refractivity (Wildman–Crippen MR) is 62.6 cm³/mol. The van der Waals surface area contributed by atoms with Crippen molar-refractivity contribution in [2.45, 2.75) is 12.3 Å². The zero-order valence-electron chi connectivity index (χ0n) is 8.81. The van der Waals surface area contributed by atoms with Crippen LogP contribution < -0.4 is 5.32 Å². The van der Waals surface area contributed by atoms with Gasteiger partial charge in [-0.05, 0) is 17.5 Å². The number of carbonyl (C=O) groups is 1. The van der Waals surface area contributed by atoms with Gasteiger partial charge in [0.15, 0.2) is 0 Å².